The molecular weight excluding hydrogens is 602 g/mol. The van der Waals surface area contributed by atoms with Gasteiger partial charge >= 0.3 is 12.1 Å². The second-order valence-corrected chi connectivity index (χ2v) is 14.2. The zero-order valence-electron chi connectivity index (χ0n) is 25.3. The first-order valence-corrected chi connectivity index (χ1v) is 16.5. The minimum Gasteiger partial charge on any atom is -0.461 e. The normalized spacial score (nSPS) is 31.2. The fourth-order valence-corrected chi connectivity index (χ4v) is 8.63. The van der Waals surface area contributed by atoms with Crippen LogP contribution in [0.2, 0.25) is 5.02 Å². The molecule has 6 aliphatic rings. The first kappa shape index (κ1) is 29.1. The highest BCUT2D eigenvalue weighted by atomic mass is 35.5. The SMILES string of the molecule is C[C@@]12CCCN(C1)c1nc(OCC34CCCN3C[C@H](F)C4)nc3c(F)c(ncc13)-c1cccc(Cl)c1[C@@H]1C[C@@H]1CCOC(=O)N2. The molecule has 3 aromatic rings. The highest BCUT2D eigenvalue weighted by molar-refractivity contribution is 6.32. The van der Waals surface area contributed by atoms with Crippen LogP contribution in [0, 0.1) is 11.7 Å². The van der Waals surface area contributed by atoms with E-state index >= 15 is 4.39 Å². The lowest BCUT2D eigenvalue weighted by Crippen LogP contribution is -2.57. The van der Waals surface area contributed by atoms with E-state index in [0.29, 0.717) is 60.9 Å². The van der Waals surface area contributed by atoms with Crippen molar-refractivity contribution in [1.82, 2.24) is 25.2 Å². The van der Waals surface area contributed by atoms with Crippen LogP contribution in [0.5, 0.6) is 6.01 Å². The van der Waals surface area contributed by atoms with Crippen molar-refractivity contribution in [2.24, 2.45) is 5.92 Å². The average molecular weight is 639 g/mol. The number of carbonyl (C=O) groups is 1. The third kappa shape index (κ3) is 5.16. The number of halogens is 3. The molecule has 7 heterocycles. The maximum Gasteiger partial charge on any atom is 0.407 e. The lowest BCUT2D eigenvalue weighted by Gasteiger charge is -2.41. The second-order valence-electron chi connectivity index (χ2n) is 13.8. The maximum atomic E-state index is 16.8. The van der Waals surface area contributed by atoms with Crippen molar-refractivity contribution in [2.75, 3.05) is 44.3 Å². The largest absolute Gasteiger partial charge is 0.461 e. The number of alkyl carbamates (subject to hydrolysis) is 1. The average Bonchev–Trinajstić information content (AvgIpc) is 3.54. The molecule has 12 heteroatoms. The summed E-state index contributed by atoms with van der Waals surface area (Å²) in [5.41, 5.74) is 0.769. The summed E-state index contributed by atoms with van der Waals surface area (Å²) in [6.07, 6.45) is 5.60. The number of carbonyl (C=O) groups excluding carboxylic acids is 1. The van der Waals surface area contributed by atoms with Gasteiger partial charge in [-0.1, -0.05) is 23.7 Å². The van der Waals surface area contributed by atoms with Crippen LogP contribution in [0.15, 0.2) is 24.4 Å². The molecule has 0 spiro atoms. The number of alkyl halides is 1. The molecule has 45 heavy (non-hydrogen) atoms. The third-order valence-corrected chi connectivity index (χ3v) is 10.9. The first-order chi connectivity index (χ1) is 21.7. The van der Waals surface area contributed by atoms with Gasteiger partial charge in [0.05, 0.1) is 23.1 Å². The fourth-order valence-electron chi connectivity index (χ4n) is 8.31. The van der Waals surface area contributed by atoms with Crippen molar-refractivity contribution in [3.8, 4) is 17.3 Å². The molecule has 1 saturated carbocycles. The van der Waals surface area contributed by atoms with Crippen LogP contribution in [-0.2, 0) is 4.74 Å². The van der Waals surface area contributed by atoms with Gasteiger partial charge in [-0.25, -0.2) is 13.6 Å². The summed E-state index contributed by atoms with van der Waals surface area (Å²) in [4.78, 5) is 31.2. The van der Waals surface area contributed by atoms with E-state index in [1.165, 1.54) is 0 Å². The molecule has 9 rings (SSSR count). The van der Waals surface area contributed by atoms with E-state index in [9.17, 15) is 9.18 Å². The zero-order chi connectivity index (χ0) is 30.9. The number of rotatable bonds is 3. The molecule has 0 radical (unpaired) electrons. The van der Waals surface area contributed by atoms with Gasteiger partial charge in [-0.05, 0) is 75.5 Å². The molecule has 238 valence electrons. The minimum atomic E-state index is -0.896. The van der Waals surface area contributed by atoms with Crippen LogP contribution in [0.1, 0.15) is 63.4 Å². The molecule has 1 amide bonds. The number of pyridine rings is 1. The number of nitrogens with zero attached hydrogens (tertiary/aromatic N) is 5. The van der Waals surface area contributed by atoms with Gasteiger partial charge in [0.2, 0.25) is 0 Å². The van der Waals surface area contributed by atoms with Gasteiger partial charge in [0.25, 0.3) is 0 Å². The predicted molar refractivity (Wildman–Crippen MR) is 166 cm³/mol. The van der Waals surface area contributed by atoms with Crippen molar-refractivity contribution in [3.05, 3.63) is 40.8 Å². The number of benzene rings is 1. The smallest absolute Gasteiger partial charge is 0.407 e. The van der Waals surface area contributed by atoms with E-state index in [-0.39, 0.29) is 35.7 Å². The predicted octanol–water partition coefficient (Wildman–Crippen LogP) is 6.03. The summed E-state index contributed by atoms with van der Waals surface area (Å²) in [6.45, 7) is 4.83. The summed E-state index contributed by atoms with van der Waals surface area (Å²) in [5.74, 6) is 0.296. The molecule has 4 fully saturated rings. The van der Waals surface area contributed by atoms with Crippen molar-refractivity contribution < 1.29 is 23.0 Å². The molecule has 1 aliphatic carbocycles. The Morgan fingerprint density at radius 1 is 1.22 bits per heavy atom. The molecule has 6 bridgehead atoms. The van der Waals surface area contributed by atoms with Crippen LogP contribution >= 0.6 is 11.6 Å². The zero-order valence-corrected chi connectivity index (χ0v) is 26.1. The van der Waals surface area contributed by atoms with Gasteiger partial charge in [0.1, 0.15) is 29.8 Å². The van der Waals surface area contributed by atoms with Crippen molar-refractivity contribution in [3.63, 3.8) is 0 Å². The topological polar surface area (TPSA) is 92.7 Å². The van der Waals surface area contributed by atoms with Crippen LogP contribution in [-0.4, -0.2) is 82.6 Å². The molecule has 1 unspecified atom stereocenters. The summed E-state index contributed by atoms with van der Waals surface area (Å²) in [7, 11) is 0. The minimum absolute atomic E-state index is 0.0446. The van der Waals surface area contributed by atoms with Gasteiger partial charge in [-0.2, -0.15) is 9.97 Å². The van der Waals surface area contributed by atoms with Gasteiger partial charge in [0.15, 0.2) is 5.82 Å². The number of aromatic nitrogens is 3. The van der Waals surface area contributed by atoms with Crippen LogP contribution in [0.25, 0.3) is 22.2 Å². The number of anilines is 1. The van der Waals surface area contributed by atoms with Crippen LogP contribution in [0.4, 0.5) is 19.4 Å². The van der Waals surface area contributed by atoms with Crippen LogP contribution < -0.4 is 15.0 Å². The van der Waals surface area contributed by atoms with Crippen LogP contribution in [0.3, 0.4) is 0 Å². The van der Waals surface area contributed by atoms with Gasteiger partial charge in [-0.15, -0.1) is 0 Å². The third-order valence-electron chi connectivity index (χ3n) is 10.6. The Kier molecular flexibility index (Phi) is 7.05. The van der Waals surface area contributed by atoms with Gasteiger partial charge < -0.3 is 19.7 Å². The Balaban J connectivity index is 1.26. The first-order valence-electron chi connectivity index (χ1n) is 16.1. The number of ether oxygens (including phenoxy) is 2. The Bertz CT molecular complexity index is 1680. The number of fused-ring (bicyclic) bond motifs is 6. The summed E-state index contributed by atoms with van der Waals surface area (Å²) < 4.78 is 43.2. The van der Waals surface area contributed by atoms with Gasteiger partial charge in [-0.3, -0.25) is 9.88 Å². The maximum absolute atomic E-state index is 16.8. The van der Waals surface area contributed by atoms with E-state index in [0.717, 1.165) is 44.2 Å². The quantitative estimate of drug-likeness (QED) is 0.372. The lowest BCUT2D eigenvalue weighted by molar-refractivity contribution is 0.107. The highest BCUT2D eigenvalue weighted by Gasteiger charge is 2.49. The van der Waals surface area contributed by atoms with E-state index in [1.54, 1.807) is 12.3 Å². The Labute approximate surface area is 265 Å². The summed E-state index contributed by atoms with van der Waals surface area (Å²) >= 11 is 6.74. The molecule has 2 aromatic heterocycles. The number of piperidine rings is 1. The van der Waals surface area contributed by atoms with Crippen molar-refractivity contribution >= 4 is 34.4 Å². The fraction of sp³-hybridized carbons (Fsp3) is 0.576. The number of nitrogens with one attached hydrogen (secondary N) is 1. The molecule has 9 nitrogen and oxygen atoms in total. The molecular formula is C33H37ClF2N6O3. The van der Waals surface area contributed by atoms with E-state index in [4.69, 9.17) is 26.1 Å². The van der Waals surface area contributed by atoms with Gasteiger partial charge in [0, 0.05) is 42.8 Å². The molecule has 5 atom stereocenters. The highest BCUT2D eigenvalue weighted by Crippen LogP contribution is 2.54. The summed E-state index contributed by atoms with van der Waals surface area (Å²) in [6, 6.07) is 5.52. The van der Waals surface area contributed by atoms with E-state index in [2.05, 4.69) is 20.2 Å². The summed E-state index contributed by atoms with van der Waals surface area (Å²) in [5, 5.41) is 4.10. The van der Waals surface area contributed by atoms with E-state index in [1.807, 2.05) is 24.0 Å². The Morgan fingerprint density at radius 3 is 2.98 bits per heavy atom. The number of hydrogen-bond donors (Lipinski definition) is 1. The second kappa shape index (κ2) is 10.9. The molecule has 1 aromatic carbocycles. The van der Waals surface area contributed by atoms with E-state index < -0.39 is 29.2 Å². The number of amides is 1. The standard InChI is InChI=1S/C33H37ClF2N6O3/c1-32-8-3-10-41(17-32)29-23-15-37-27(21-5-2-6-24(34)25(21)22-13-19(22)7-12-44-31(43)40-32)26(36)28(23)38-30(39-29)45-18-33-9-4-11-42(33)16-20(35)14-33/h2,5-6,15,19-20,22H,3-4,7-14,16-18H2,1H3,(H,40,43)/t19-,20+,22+,32+,33?/m0/s1. The molecule has 1 N–H and O–H groups in total. The monoisotopic (exact) mass is 638 g/mol. The van der Waals surface area contributed by atoms with Crippen molar-refractivity contribution in [1.29, 1.82) is 0 Å². The molecule has 3 saturated heterocycles. The Morgan fingerprint density at radius 2 is 2.09 bits per heavy atom. The Hall–Kier alpha value is -3.31. The lowest BCUT2D eigenvalue weighted by atomic mass is 9.91. The molecule has 5 aliphatic heterocycles. The number of hydrogen-bond acceptors (Lipinski definition) is 8. The van der Waals surface area contributed by atoms with Crippen molar-refractivity contribution in [2.45, 2.75) is 75.0 Å².